The molecular weight excluding hydrogens is 267 g/mol. The van der Waals surface area contributed by atoms with Crippen LogP contribution in [-0.2, 0) is 0 Å². The van der Waals surface area contributed by atoms with Crippen LogP contribution in [0.4, 0.5) is 4.39 Å². The molecule has 0 saturated heterocycles. The number of hydrogen-bond acceptors (Lipinski definition) is 5. The molecule has 0 fully saturated rings. The summed E-state index contributed by atoms with van der Waals surface area (Å²) in [6.45, 7) is 0. The molecule has 1 aromatic carbocycles. The van der Waals surface area contributed by atoms with Gasteiger partial charge in [-0.05, 0) is 24.0 Å². The number of benzene rings is 1. The highest BCUT2D eigenvalue weighted by Crippen LogP contribution is 2.12. The highest BCUT2D eigenvalue weighted by molar-refractivity contribution is 7.98. The lowest BCUT2D eigenvalue weighted by atomic mass is 10.2. The van der Waals surface area contributed by atoms with E-state index < -0.39 is 0 Å². The Morgan fingerprint density at radius 2 is 2.05 bits per heavy atom. The van der Waals surface area contributed by atoms with Crippen LogP contribution in [0.2, 0.25) is 0 Å². The Kier molecular flexibility index (Phi) is 3.00. The number of fused-ring (bicyclic) bond motifs is 1. The first kappa shape index (κ1) is 11.8. The van der Waals surface area contributed by atoms with Crippen LogP contribution < -0.4 is 0 Å². The summed E-state index contributed by atoms with van der Waals surface area (Å²) >= 11 is 1.45. The van der Waals surface area contributed by atoms with Crippen LogP contribution in [-0.4, -0.2) is 37.0 Å². The standard InChI is InChI=1S/C11H9FN6S/c1-19-11-16-15-10-17(7-14-18(10)11)13-6-8-2-4-9(12)5-3-8/h2-7H,1H3. The SMILES string of the molecule is CSc1nnc2n(N=Cc3ccc(F)cc3)cnn12. The smallest absolute Gasteiger partial charge is 0.207 e. The molecule has 0 bridgehead atoms. The van der Waals surface area contributed by atoms with Gasteiger partial charge in [-0.3, -0.25) is 0 Å². The number of hydrogen-bond donors (Lipinski definition) is 0. The molecule has 0 spiro atoms. The molecule has 0 radical (unpaired) electrons. The number of thioether (sulfide) groups is 1. The third-order valence-electron chi connectivity index (χ3n) is 2.46. The molecule has 3 rings (SSSR count). The first-order valence-corrected chi connectivity index (χ1v) is 6.63. The molecule has 96 valence electrons. The van der Waals surface area contributed by atoms with E-state index in [2.05, 4.69) is 20.4 Å². The molecule has 0 N–H and O–H groups in total. The van der Waals surface area contributed by atoms with E-state index >= 15 is 0 Å². The Hall–Kier alpha value is -2.22. The third-order valence-corrected chi connectivity index (χ3v) is 3.08. The predicted molar refractivity (Wildman–Crippen MR) is 69.9 cm³/mol. The number of aromatic nitrogens is 5. The molecule has 2 aromatic heterocycles. The van der Waals surface area contributed by atoms with Gasteiger partial charge in [-0.2, -0.15) is 19.4 Å². The zero-order valence-electron chi connectivity index (χ0n) is 9.93. The fourth-order valence-electron chi connectivity index (χ4n) is 1.54. The van der Waals surface area contributed by atoms with E-state index in [1.807, 2.05) is 6.26 Å². The summed E-state index contributed by atoms with van der Waals surface area (Å²) in [6.07, 6.45) is 5.05. The van der Waals surface area contributed by atoms with Crippen molar-refractivity contribution >= 4 is 23.8 Å². The van der Waals surface area contributed by atoms with Crippen molar-refractivity contribution in [1.82, 2.24) is 24.5 Å². The summed E-state index contributed by atoms with van der Waals surface area (Å²) in [5.41, 5.74) is 0.790. The van der Waals surface area contributed by atoms with Crippen LogP contribution in [0.5, 0.6) is 0 Å². The maximum atomic E-state index is 12.8. The third kappa shape index (κ3) is 2.22. The van der Waals surface area contributed by atoms with Crippen molar-refractivity contribution in [3.63, 3.8) is 0 Å². The molecule has 6 nitrogen and oxygen atoms in total. The van der Waals surface area contributed by atoms with Gasteiger partial charge in [0.25, 0.3) is 5.78 Å². The minimum Gasteiger partial charge on any atom is -0.207 e. The van der Waals surface area contributed by atoms with E-state index in [0.717, 1.165) is 5.56 Å². The van der Waals surface area contributed by atoms with Gasteiger partial charge >= 0.3 is 0 Å². The quantitative estimate of drug-likeness (QED) is 0.539. The molecule has 3 aromatic rings. The van der Waals surface area contributed by atoms with Crippen molar-refractivity contribution < 1.29 is 4.39 Å². The molecular formula is C11H9FN6S. The van der Waals surface area contributed by atoms with Crippen LogP contribution in [0, 0.1) is 5.82 Å². The molecule has 0 saturated carbocycles. The summed E-state index contributed by atoms with van der Waals surface area (Å²) in [4.78, 5) is 0. The van der Waals surface area contributed by atoms with Crippen LogP contribution in [0.3, 0.4) is 0 Å². The van der Waals surface area contributed by atoms with Crippen molar-refractivity contribution in [3.05, 3.63) is 42.0 Å². The van der Waals surface area contributed by atoms with Gasteiger partial charge < -0.3 is 0 Å². The molecule has 0 amide bonds. The minimum atomic E-state index is -0.274. The maximum Gasteiger partial charge on any atom is 0.275 e. The van der Waals surface area contributed by atoms with E-state index in [1.165, 1.54) is 28.6 Å². The lowest BCUT2D eigenvalue weighted by Crippen LogP contribution is -1.91. The maximum absolute atomic E-state index is 12.8. The molecule has 0 atom stereocenters. The van der Waals surface area contributed by atoms with E-state index in [0.29, 0.717) is 10.9 Å². The zero-order valence-corrected chi connectivity index (χ0v) is 10.8. The largest absolute Gasteiger partial charge is 0.275 e. The highest BCUT2D eigenvalue weighted by atomic mass is 32.2. The summed E-state index contributed by atoms with van der Waals surface area (Å²) in [5.74, 6) is 0.256. The van der Waals surface area contributed by atoms with Gasteiger partial charge in [-0.25, -0.2) is 4.39 Å². The summed E-state index contributed by atoms with van der Waals surface area (Å²) in [5, 5.41) is 17.0. The Labute approximate surface area is 112 Å². The Morgan fingerprint density at radius 1 is 1.26 bits per heavy atom. The van der Waals surface area contributed by atoms with Crippen molar-refractivity contribution in [2.45, 2.75) is 5.16 Å². The van der Waals surface area contributed by atoms with E-state index in [4.69, 9.17) is 0 Å². The predicted octanol–water partition coefficient (Wildman–Crippen LogP) is 1.67. The molecule has 0 aliphatic rings. The zero-order chi connectivity index (χ0) is 13.2. The highest BCUT2D eigenvalue weighted by Gasteiger charge is 2.09. The van der Waals surface area contributed by atoms with Crippen molar-refractivity contribution in [2.75, 3.05) is 6.26 Å². The number of rotatable bonds is 3. The van der Waals surface area contributed by atoms with Crippen LogP contribution in [0.25, 0.3) is 5.78 Å². The van der Waals surface area contributed by atoms with Gasteiger partial charge in [0.1, 0.15) is 12.1 Å². The van der Waals surface area contributed by atoms with E-state index in [1.54, 1.807) is 29.2 Å². The summed E-state index contributed by atoms with van der Waals surface area (Å²) < 4.78 is 15.9. The van der Waals surface area contributed by atoms with Gasteiger partial charge in [0.05, 0.1) is 6.21 Å². The average Bonchev–Trinajstić information content (AvgIpc) is 3.00. The second-order valence-corrected chi connectivity index (χ2v) is 4.44. The Morgan fingerprint density at radius 3 is 2.79 bits per heavy atom. The van der Waals surface area contributed by atoms with Gasteiger partial charge in [0, 0.05) is 0 Å². The molecule has 0 aliphatic heterocycles. The van der Waals surface area contributed by atoms with Crippen molar-refractivity contribution in [2.24, 2.45) is 5.10 Å². The Bertz CT molecular complexity index is 729. The van der Waals surface area contributed by atoms with Gasteiger partial charge in [0.15, 0.2) is 0 Å². The van der Waals surface area contributed by atoms with Gasteiger partial charge in [-0.15, -0.1) is 10.2 Å². The van der Waals surface area contributed by atoms with Crippen LogP contribution in [0.15, 0.2) is 40.9 Å². The molecule has 19 heavy (non-hydrogen) atoms. The summed E-state index contributed by atoms with van der Waals surface area (Å²) in [6, 6.07) is 6.05. The van der Waals surface area contributed by atoms with Crippen molar-refractivity contribution in [1.29, 1.82) is 0 Å². The second kappa shape index (κ2) is 4.81. The van der Waals surface area contributed by atoms with Crippen molar-refractivity contribution in [3.8, 4) is 0 Å². The lowest BCUT2D eigenvalue weighted by molar-refractivity contribution is 0.628. The minimum absolute atomic E-state index is 0.274. The topological polar surface area (TPSA) is 60.4 Å². The fourth-order valence-corrected chi connectivity index (χ4v) is 1.96. The second-order valence-electron chi connectivity index (χ2n) is 3.67. The first-order valence-electron chi connectivity index (χ1n) is 5.40. The van der Waals surface area contributed by atoms with Gasteiger partial charge in [-0.1, -0.05) is 23.9 Å². The van der Waals surface area contributed by atoms with Gasteiger partial charge in [0.2, 0.25) is 5.16 Å². The molecule has 8 heteroatoms. The van der Waals surface area contributed by atoms with Crippen LogP contribution >= 0.6 is 11.8 Å². The lowest BCUT2D eigenvalue weighted by Gasteiger charge is -1.93. The van der Waals surface area contributed by atoms with E-state index in [9.17, 15) is 4.39 Å². The Balaban J connectivity index is 1.92. The molecule has 0 unspecified atom stereocenters. The van der Waals surface area contributed by atoms with E-state index in [-0.39, 0.29) is 5.82 Å². The molecule has 2 heterocycles. The van der Waals surface area contributed by atoms with Crippen LogP contribution in [0.1, 0.15) is 5.56 Å². The number of nitrogens with zero attached hydrogens (tertiary/aromatic N) is 6. The number of halogens is 1. The average molecular weight is 276 g/mol. The monoisotopic (exact) mass is 276 g/mol. The fraction of sp³-hybridized carbons (Fsp3) is 0.0909. The normalized spacial score (nSPS) is 11.7. The summed E-state index contributed by atoms with van der Waals surface area (Å²) in [7, 11) is 0. The first-order chi connectivity index (χ1) is 9.28. The molecule has 0 aliphatic carbocycles.